The topological polar surface area (TPSA) is 51.0 Å². The Bertz CT molecular complexity index is 806. The predicted octanol–water partition coefficient (Wildman–Crippen LogP) is 4.04. The summed E-state index contributed by atoms with van der Waals surface area (Å²) in [5.41, 5.74) is 2.21. The summed E-state index contributed by atoms with van der Waals surface area (Å²) in [5, 5.41) is 9.49. The van der Waals surface area contributed by atoms with E-state index in [1.54, 1.807) is 0 Å². The normalized spacial score (nSPS) is 19.9. The fourth-order valence-electron chi connectivity index (χ4n) is 3.77. The van der Waals surface area contributed by atoms with E-state index in [2.05, 4.69) is 49.7 Å². The molecule has 2 atom stereocenters. The second-order valence-corrected chi connectivity index (χ2v) is 8.55. The van der Waals surface area contributed by atoms with Gasteiger partial charge in [0.15, 0.2) is 11.0 Å². The van der Waals surface area contributed by atoms with Crippen molar-refractivity contribution in [1.82, 2.24) is 19.7 Å². The molecule has 1 aromatic carbocycles. The Morgan fingerprint density at radius 2 is 2.04 bits per heavy atom. The molecule has 0 aliphatic carbocycles. The number of carbonyl (C=O) groups is 1. The van der Waals surface area contributed by atoms with Crippen LogP contribution in [-0.4, -0.2) is 44.4 Å². The average molecular weight is 385 g/mol. The highest BCUT2D eigenvalue weighted by Crippen LogP contribution is 2.26. The smallest absolute Gasteiger partial charge is 0.233 e. The summed E-state index contributed by atoms with van der Waals surface area (Å²) in [6, 6.07) is 8.21. The van der Waals surface area contributed by atoms with Gasteiger partial charge in [-0.25, -0.2) is 0 Å². The van der Waals surface area contributed by atoms with Crippen LogP contribution >= 0.6 is 11.8 Å². The highest BCUT2D eigenvalue weighted by molar-refractivity contribution is 7.99. The molecule has 1 aromatic heterocycles. The number of allylic oxidation sites excluding steroid dienone is 1. The molecule has 3 rings (SSSR count). The van der Waals surface area contributed by atoms with Gasteiger partial charge in [0.2, 0.25) is 5.91 Å². The van der Waals surface area contributed by atoms with E-state index in [-0.39, 0.29) is 5.91 Å². The first-order valence-corrected chi connectivity index (χ1v) is 10.5. The molecule has 5 nitrogen and oxygen atoms in total. The van der Waals surface area contributed by atoms with Crippen molar-refractivity contribution in [3.63, 3.8) is 0 Å². The molecular weight excluding hydrogens is 356 g/mol. The molecule has 0 radical (unpaired) electrons. The van der Waals surface area contributed by atoms with Crippen molar-refractivity contribution in [3.8, 4) is 11.4 Å². The minimum Gasteiger partial charge on any atom is -0.341 e. The molecule has 1 amide bonds. The zero-order valence-electron chi connectivity index (χ0n) is 16.4. The van der Waals surface area contributed by atoms with Crippen LogP contribution in [0, 0.1) is 18.8 Å². The highest BCUT2D eigenvalue weighted by Gasteiger charge is 2.26. The third-order valence-electron chi connectivity index (χ3n) is 4.85. The number of amides is 1. The molecule has 144 valence electrons. The van der Waals surface area contributed by atoms with E-state index in [9.17, 15) is 4.79 Å². The third kappa shape index (κ3) is 4.80. The Hall–Kier alpha value is -2.08. The number of thioether (sulfide) groups is 1. The lowest BCUT2D eigenvalue weighted by molar-refractivity contribution is -0.130. The molecule has 2 unspecified atom stereocenters. The number of carbonyl (C=O) groups excluding carboxylic acids is 1. The molecule has 2 aromatic rings. The number of hydrogen-bond donors (Lipinski definition) is 0. The first-order chi connectivity index (χ1) is 13.0. The molecule has 27 heavy (non-hydrogen) atoms. The van der Waals surface area contributed by atoms with Gasteiger partial charge in [-0.1, -0.05) is 55.4 Å². The van der Waals surface area contributed by atoms with Crippen molar-refractivity contribution in [3.05, 3.63) is 42.5 Å². The van der Waals surface area contributed by atoms with E-state index in [1.807, 2.05) is 27.7 Å². The molecular formula is C21H28N4OS. The Kier molecular flexibility index (Phi) is 6.37. The van der Waals surface area contributed by atoms with E-state index < -0.39 is 0 Å². The zero-order valence-corrected chi connectivity index (χ0v) is 17.2. The maximum atomic E-state index is 12.7. The van der Waals surface area contributed by atoms with Crippen LogP contribution in [0.15, 0.2) is 42.1 Å². The lowest BCUT2D eigenvalue weighted by Gasteiger charge is -2.34. The summed E-state index contributed by atoms with van der Waals surface area (Å²) >= 11 is 1.46. The lowest BCUT2D eigenvalue weighted by atomic mass is 9.92. The lowest BCUT2D eigenvalue weighted by Crippen LogP contribution is -2.43. The van der Waals surface area contributed by atoms with Gasteiger partial charge in [0, 0.05) is 25.2 Å². The molecule has 0 saturated carbocycles. The number of nitrogens with zero attached hydrogens (tertiary/aromatic N) is 4. The molecule has 0 N–H and O–H groups in total. The van der Waals surface area contributed by atoms with E-state index in [0.717, 1.165) is 29.6 Å². The molecule has 2 heterocycles. The van der Waals surface area contributed by atoms with Crippen molar-refractivity contribution in [1.29, 1.82) is 0 Å². The second kappa shape index (κ2) is 8.74. The largest absolute Gasteiger partial charge is 0.341 e. The van der Waals surface area contributed by atoms with Crippen LogP contribution < -0.4 is 0 Å². The molecule has 1 aliphatic heterocycles. The molecule has 0 spiro atoms. The Balaban J connectivity index is 1.73. The van der Waals surface area contributed by atoms with Gasteiger partial charge in [0.1, 0.15) is 0 Å². The number of aryl methyl sites for hydroxylation is 1. The van der Waals surface area contributed by atoms with Gasteiger partial charge in [0.05, 0.1) is 5.75 Å². The highest BCUT2D eigenvalue weighted by atomic mass is 32.2. The summed E-state index contributed by atoms with van der Waals surface area (Å²) in [7, 11) is 0. The number of piperidine rings is 1. The van der Waals surface area contributed by atoms with E-state index in [0.29, 0.717) is 24.1 Å². The van der Waals surface area contributed by atoms with Crippen LogP contribution in [0.3, 0.4) is 0 Å². The quantitative estimate of drug-likeness (QED) is 0.557. The fraction of sp³-hybridized carbons (Fsp3) is 0.476. The SMILES string of the molecule is C=CCn1c(SCC(=O)N2CC(C)CC(C)C2)nnc1-c1cccc(C)c1. The minimum absolute atomic E-state index is 0.184. The van der Waals surface area contributed by atoms with E-state index >= 15 is 0 Å². The maximum Gasteiger partial charge on any atom is 0.233 e. The average Bonchev–Trinajstić information content (AvgIpc) is 3.02. The van der Waals surface area contributed by atoms with Gasteiger partial charge in [-0.15, -0.1) is 16.8 Å². The van der Waals surface area contributed by atoms with Crippen LogP contribution in [0.4, 0.5) is 0 Å². The summed E-state index contributed by atoms with van der Waals surface area (Å²) in [6.07, 6.45) is 3.03. The maximum absolute atomic E-state index is 12.7. The number of rotatable bonds is 6. The fourth-order valence-corrected chi connectivity index (χ4v) is 4.62. The monoisotopic (exact) mass is 384 g/mol. The standard InChI is InChI=1S/C21H28N4OS/c1-5-9-25-20(18-8-6-7-15(2)11-18)22-23-21(25)27-14-19(26)24-12-16(3)10-17(4)13-24/h5-8,11,16-17H,1,9-10,12-14H2,2-4H3. The van der Waals surface area contributed by atoms with Crippen LogP contribution in [0.5, 0.6) is 0 Å². The number of benzene rings is 1. The second-order valence-electron chi connectivity index (χ2n) is 7.61. The molecule has 6 heteroatoms. The van der Waals surface area contributed by atoms with E-state index in [4.69, 9.17) is 0 Å². The Labute approximate surface area is 165 Å². The number of aromatic nitrogens is 3. The molecule has 1 aliphatic rings. The van der Waals surface area contributed by atoms with E-state index in [1.165, 1.54) is 23.7 Å². The number of likely N-dealkylation sites (tertiary alicyclic amines) is 1. The van der Waals surface area contributed by atoms with Crippen molar-refractivity contribution < 1.29 is 4.79 Å². The van der Waals surface area contributed by atoms with Gasteiger partial charge in [0.25, 0.3) is 0 Å². The molecule has 0 bridgehead atoms. The number of hydrogen-bond acceptors (Lipinski definition) is 4. The minimum atomic E-state index is 0.184. The van der Waals surface area contributed by atoms with Crippen LogP contribution in [0.2, 0.25) is 0 Å². The van der Waals surface area contributed by atoms with Gasteiger partial charge < -0.3 is 4.90 Å². The third-order valence-corrected chi connectivity index (χ3v) is 5.80. The van der Waals surface area contributed by atoms with Gasteiger partial charge in [-0.3, -0.25) is 9.36 Å². The summed E-state index contributed by atoms with van der Waals surface area (Å²) in [4.78, 5) is 14.7. The zero-order chi connectivity index (χ0) is 19.4. The first kappa shape index (κ1) is 19.7. The van der Waals surface area contributed by atoms with Crippen molar-refractivity contribution in [2.45, 2.75) is 38.9 Å². The van der Waals surface area contributed by atoms with Gasteiger partial charge in [-0.05, 0) is 31.2 Å². The predicted molar refractivity (Wildman–Crippen MR) is 111 cm³/mol. The van der Waals surface area contributed by atoms with Crippen LogP contribution in [0.25, 0.3) is 11.4 Å². The molecule has 1 fully saturated rings. The summed E-state index contributed by atoms with van der Waals surface area (Å²) in [6.45, 7) is 12.7. The Morgan fingerprint density at radius 3 is 2.70 bits per heavy atom. The summed E-state index contributed by atoms with van der Waals surface area (Å²) in [5.74, 6) is 2.53. The first-order valence-electron chi connectivity index (χ1n) is 9.49. The van der Waals surface area contributed by atoms with Gasteiger partial charge in [-0.2, -0.15) is 0 Å². The van der Waals surface area contributed by atoms with Crippen molar-refractivity contribution in [2.24, 2.45) is 11.8 Å². The van der Waals surface area contributed by atoms with Crippen LogP contribution in [-0.2, 0) is 11.3 Å². The van der Waals surface area contributed by atoms with Gasteiger partial charge >= 0.3 is 0 Å². The molecule has 1 saturated heterocycles. The Morgan fingerprint density at radius 1 is 1.30 bits per heavy atom. The van der Waals surface area contributed by atoms with Crippen molar-refractivity contribution in [2.75, 3.05) is 18.8 Å². The van der Waals surface area contributed by atoms with Crippen molar-refractivity contribution >= 4 is 17.7 Å². The van der Waals surface area contributed by atoms with Crippen LogP contribution in [0.1, 0.15) is 25.8 Å². The summed E-state index contributed by atoms with van der Waals surface area (Å²) < 4.78 is 2.03.